The minimum atomic E-state index is -0.554. The van der Waals surface area contributed by atoms with E-state index < -0.39 is 17.1 Å². The molecule has 0 unspecified atom stereocenters. The molecule has 0 bridgehead atoms. The number of rotatable bonds is 5. The molecule has 2 aromatic carbocycles. The van der Waals surface area contributed by atoms with Crippen LogP contribution in [0.1, 0.15) is 11.1 Å². The van der Waals surface area contributed by atoms with Crippen LogP contribution in [0.5, 0.6) is 0 Å². The summed E-state index contributed by atoms with van der Waals surface area (Å²) in [4.78, 5) is 47.0. The second-order valence-electron chi connectivity index (χ2n) is 7.85. The van der Waals surface area contributed by atoms with Gasteiger partial charge in [-0.25, -0.2) is 19.2 Å². The fourth-order valence-electron chi connectivity index (χ4n) is 3.47. The maximum absolute atomic E-state index is 13.4. The smallest absolute Gasteiger partial charge is 0.325 e. The van der Waals surface area contributed by atoms with Gasteiger partial charge in [-0.1, -0.05) is 23.9 Å². The predicted molar refractivity (Wildman–Crippen MR) is 131 cm³/mol. The number of thioether (sulfide) groups is 1. The number of aromatic nitrogens is 4. The van der Waals surface area contributed by atoms with E-state index in [0.717, 1.165) is 27.5 Å². The summed E-state index contributed by atoms with van der Waals surface area (Å²) in [6.07, 6.45) is 0. The molecule has 2 aromatic heterocycles. The molecule has 8 nitrogen and oxygen atoms in total. The van der Waals surface area contributed by atoms with Crippen LogP contribution in [0, 0.1) is 19.7 Å². The highest BCUT2D eigenvalue weighted by Gasteiger charge is 2.19. The molecule has 0 atom stereocenters. The van der Waals surface area contributed by atoms with Crippen LogP contribution in [0.4, 0.5) is 10.1 Å². The monoisotopic (exact) mass is 479 g/mol. The Morgan fingerprint density at radius 1 is 1.03 bits per heavy atom. The summed E-state index contributed by atoms with van der Waals surface area (Å²) in [7, 11) is 2.88. The highest BCUT2D eigenvalue weighted by molar-refractivity contribution is 8.00. The molecule has 174 valence electrons. The Hall–Kier alpha value is -3.79. The number of benzene rings is 2. The fourth-order valence-corrected chi connectivity index (χ4v) is 4.28. The molecule has 0 spiro atoms. The third-order valence-electron chi connectivity index (χ3n) is 5.59. The number of fused-ring (bicyclic) bond motifs is 1. The zero-order chi connectivity index (χ0) is 24.6. The number of hydrogen-bond acceptors (Lipinski definition) is 6. The fraction of sp³-hybridized carbons (Fsp3) is 0.208. The normalized spacial score (nSPS) is 11.1. The molecule has 34 heavy (non-hydrogen) atoms. The van der Waals surface area contributed by atoms with Crippen LogP contribution in [-0.4, -0.2) is 30.8 Å². The summed E-state index contributed by atoms with van der Waals surface area (Å²) in [5, 5.41) is 3.28. The largest absolute Gasteiger partial charge is 0.332 e. The maximum Gasteiger partial charge on any atom is 0.332 e. The Labute approximate surface area is 198 Å². The second-order valence-corrected chi connectivity index (χ2v) is 8.81. The minimum Gasteiger partial charge on any atom is -0.325 e. The van der Waals surface area contributed by atoms with E-state index >= 15 is 0 Å². The quantitative estimate of drug-likeness (QED) is 0.349. The number of anilines is 1. The van der Waals surface area contributed by atoms with Gasteiger partial charge >= 0.3 is 5.69 Å². The minimum absolute atomic E-state index is 0.0195. The third kappa shape index (κ3) is 4.36. The van der Waals surface area contributed by atoms with Crippen LogP contribution in [0.2, 0.25) is 0 Å². The van der Waals surface area contributed by atoms with Crippen LogP contribution in [0.3, 0.4) is 0 Å². The average molecular weight is 480 g/mol. The van der Waals surface area contributed by atoms with Crippen molar-refractivity contribution in [3.8, 4) is 11.4 Å². The third-order valence-corrected chi connectivity index (χ3v) is 6.56. The maximum atomic E-state index is 13.4. The number of halogens is 1. The second kappa shape index (κ2) is 9.22. The van der Waals surface area contributed by atoms with Crippen molar-refractivity contribution in [3.05, 3.63) is 80.2 Å². The summed E-state index contributed by atoms with van der Waals surface area (Å²) >= 11 is 1.07. The van der Waals surface area contributed by atoms with Crippen LogP contribution < -0.4 is 16.6 Å². The van der Waals surface area contributed by atoms with Gasteiger partial charge in [0, 0.05) is 25.3 Å². The van der Waals surface area contributed by atoms with E-state index in [-0.39, 0.29) is 33.5 Å². The van der Waals surface area contributed by atoms with Crippen LogP contribution in [0.15, 0.2) is 57.1 Å². The number of carbonyl (C=O) groups is 1. The first-order valence-electron chi connectivity index (χ1n) is 10.4. The van der Waals surface area contributed by atoms with Gasteiger partial charge in [0.25, 0.3) is 5.56 Å². The molecule has 2 heterocycles. The van der Waals surface area contributed by atoms with Gasteiger partial charge in [0.1, 0.15) is 16.2 Å². The van der Waals surface area contributed by atoms with Crippen molar-refractivity contribution in [2.24, 2.45) is 14.1 Å². The summed E-state index contributed by atoms with van der Waals surface area (Å²) in [6.45, 7) is 3.89. The molecule has 0 fully saturated rings. The van der Waals surface area contributed by atoms with Crippen LogP contribution >= 0.6 is 11.8 Å². The van der Waals surface area contributed by atoms with E-state index in [9.17, 15) is 18.8 Å². The van der Waals surface area contributed by atoms with E-state index in [1.54, 1.807) is 0 Å². The number of amides is 1. The van der Waals surface area contributed by atoms with Crippen molar-refractivity contribution >= 4 is 34.4 Å². The molecule has 4 aromatic rings. The highest BCUT2D eigenvalue weighted by atomic mass is 32.2. The lowest BCUT2D eigenvalue weighted by molar-refractivity contribution is -0.113. The first-order valence-corrected chi connectivity index (χ1v) is 11.4. The van der Waals surface area contributed by atoms with Gasteiger partial charge in [0.2, 0.25) is 5.91 Å². The van der Waals surface area contributed by atoms with Gasteiger partial charge in [-0.2, -0.15) is 0 Å². The number of nitrogens with one attached hydrogen (secondary N) is 1. The van der Waals surface area contributed by atoms with Gasteiger partial charge in [-0.15, -0.1) is 0 Å². The molecule has 0 aliphatic rings. The SMILES string of the molecule is Cc1cccc(NC(=O)CSc2nc(-c3ccc(F)cc3)nc3c2c(=O)n(C)c(=O)n3C)c1C. The molecule has 0 aliphatic carbocycles. The van der Waals surface area contributed by atoms with E-state index in [2.05, 4.69) is 15.3 Å². The molecule has 1 amide bonds. The van der Waals surface area contributed by atoms with Crippen LogP contribution in [-0.2, 0) is 18.9 Å². The van der Waals surface area contributed by atoms with Crippen molar-refractivity contribution < 1.29 is 9.18 Å². The van der Waals surface area contributed by atoms with Crippen molar-refractivity contribution in [1.82, 2.24) is 19.1 Å². The number of nitrogens with zero attached hydrogens (tertiary/aromatic N) is 4. The van der Waals surface area contributed by atoms with E-state index in [4.69, 9.17) is 0 Å². The van der Waals surface area contributed by atoms with E-state index in [1.807, 2.05) is 32.0 Å². The van der Waals surface area contributed by atoms with Gasteiger partial charge in [-0.05, 0) is 55.3 Å². The lowest BCUT2D eigenvalue weighted by Crippen LogP contribution is -2.37. The molecular weight excluding hydrogens is 457 g/mol. The van der Waals surface area contributed by atoms with E-state index in [1.165, 1.54) is 42.9 Å². The summed E-state index contributed by atoms with van der Waals surface area (Å²) in [6, 6.07) is 11.2. The molecule has 0 saturated carbocycles. The summed E-state index contributed by atoms with van der Waals surface area (Å²) in [5.41, 5.74) is 2.30. The van der Waals surface area contributed by atoms with Crippen molar-refractivity contribution in [2.75, 3.05) is 11.1 Å². The summed E-state index contributed by atoms with van der Waals surface area (Å²) in [5.74, 6) is -0.485. The number of aryl methyl sites for hydroxylation is 2. The van der Waals surface area contributed by atoms with Crippen LogP contribution in [0.25, 0.3) is 22.4 Å². The molecule has 0 saturated heterocycles. The standard InChI is InChI=1S/C24H22FN5O3S/c1-13-6-5-7-17(14(13)2)26-18(31)12-34-22-19-21(29(3)24(33)30(4)23(19)32)27-20(28-22)15-8-10-16(25)11-9-15/h5-11H,12H2,1-4H3,(H,26,31). The average Bonchev–Trinajstić information content (AvgIpc) is 2.82. The Morgan fingerprint density at radius 3 is 2.44 bits per heavy atom. The molecule has 0 radical (unpaired) electrons. The summed E-state index contributed by atoms with van der Waals surface area (Å²) < 4.78 is 15.6. The Morgan fingerprint density at radius 2 is 1.74 bits per heavy atom. The van der Waals surface area contributed by atoms with Crippen molar-refractivity contribution in [2.45, 2.75) is 18.9 Å². The zero-order valence-corrected chi connectivity index (χ0v) is 19.9. The topological polar surface area (TPSA) is 98.9 Å². The molecule has 0 aliphatic heterocycles. The Balaban J connectivity index is 1.76. The lowest BCUT2D eigenvalue weighted by atomic mass is 10.1. The predicted octanol–water partition coefficient (Wildman–Crippen LogP) is 3.18. The lowest BCUT2D eigenvalue weighted by Gasteiger charge is -2.13. The van der Waals surface area contributed by atoms with E-state index in [0.29, 0.717) is 11.3 Å². The Bertz CT molecular complexity index is 1540. The first-order chi connectivity index (χ1) is 16.2. The molecular formula is C24H22FN5O3S. The van der Waals surface area contributed by atoms with Crippen molar-refractivity contribution in [1.29, 1.82) is 0 Å². The van der Waals surface area contributed by atoms with Gasteiger partial charge in [0.15, 0.2) is 11.5 Å². The van der Waals surface area contributed by atoms with Gasteiger partial charge in [-0.3, -0.25) is 18.7 Å². The molecule has 4 rings (SSSR count). The van der Waals surface area contributed by atoms with Gasteiger partial charge < -0.3 is 5.32 Å². The zero-order valence-electron chi connectivity index (χ0n) is 19.0. The molecule has 1 N–H and O–H groups in total. The Kier molecular flexibility index (Phi) is 6.34. The highest BCUT2D eigenvalue weighted by Crippen LogP contribution is 2.27. The van der Waals surface area contributed by atoms with Crippen molar-refractivity contribution in [3.63, 3.8) is 0 Å². The van der Waals surface area contributed by atoms with Gasteiger partial charge in [0.05, 0.1) is 5.75 Å². The number of hydrogen-bond donors (Lipinski definition) is 1. The molecule has 10 heteroatoms. The number of carbonyl (C=O) groups excluding carboxylic acids is 1. The first kappa shape index (κ1) is 23.4.